The monoisotopic (exact) mass is 341 g/mol. The average molecular weight is 341 g/mol. The number of amides is 1. The first-order valence-electron chi connectivity index (χ1n) is 7.42. The Morgan fingerprint density at radius 1 is 1.38 bits per heavy atom. The summed E-state index contributed by atoms with van der Waals surface area (Å²) in [6, 6.07) is 5.86. The molecule has 0 aliphatic carbocycles. The summed E-state index contributed by atoms with van der Waals surface area (Å²) in [6.45, 7) is 3.02. The van der Waals surface area contributed by atoms with Crippen molar-refractivity contribution in [3.8, 4) is 5.69 Å². The molecule has 8 heteroatoms. The van der Waals surface area contributed by atoms with E-state index in [1.54, 1.807) is 32.0 Å². The number of carbonyl (C=O) groups excluding carboxylic acids is 1. The molecule has 1 aromatic heterocycles. The van der Waals surface area contributed by atoms with E-state index in [1.807, 2.05) is 0 Å². The van der Waals surface area contributed by atoms with Crippen LogP contribution in [-0.2, 0) is 6.18 Å². The van der Waals surface area contributed by atoms with Crippen LogP contribution in [0.5, 0.6) is 0 Å². The van der Waals surface area contributed by atoms with Crippen LogP contribution in [0.25, 0.3) is 5.69 Å². The summed E-state index contributed by atoms with van der Waals surface area (Å²) in [5.41, 5.74) is -0.863. The standard InChI is InChI=1S/C16H18F3N3O2/c1-3-11(9-23)21-15(24)12-8-20-22(14(12)16(17,18)19)13-7-5-4-6-10(13)2/h4-8,11,23H,3,9H2,1-2H3,(H,21,24). The van der Waals surface area contributed by atoms with E-state index in [4.69, 9.17) is 5.11 Å². The molecule has 2 aromatic rings. The predicted octanol–water partition coefficient (Wildman–Crippen LogP) is 2.70. The highest BCUT2D eigenvalue weighted by atomic mass is 19.4. The number of aliphatic hydroxyl groups excluding tert-OH is 1. The highest BCUT2D eigenvalue weighted by molar-refractivity contribution is 5.95. The minimum atomic E-state index is -4.76. The number of hydrogen-bond acceptors (Lipinski definition) is 3. The highest BCUT2D eigenvalue weighted by Crippen LogP contribution is 2.34. The van der Waals surface area contributed by atoms with Gasteiger partial charge < -0.3 is 10.4 Å². The number of rotatable bonds is 5. The molecule has 0 aliphatic rings. The Morgan fingerprint density at radius 3 is 2.58 bits per heavy atom. The first-order chi connectivity index (χ1) is 11.3. The molecule has 1 amide bonds. The first kappa shape index (κ1) is 18.0. The highest BCUT2D eigenvalue weighted by Gasteiger charge is 2.41. The fraction of sp³-hybridized carbons (Fsp3) is 0.375. The van der Waals surface area contributed by atoms with Crippen molar-refractivity contribution in [1.82, 2.24) is 15.1 Å². The lowest BCUT2D eigenvalue weighted by molar-refractivity contribution is -0.143. The number of carbonyl (C=O) groups is 1. The van der Waals surface area contributed by atoms with Gasteiger partial charge in [0.15, 0.2) is 5.69 Å². The minimum Gasteiger partial charge on any atom is -0.394 e. The zero-order valence-electron chi connectivity index (χ0n) is 13.3. The van der Waals surface area contributed by atoms with Crippen LogP contribution in [0.1, 0.15) is 35.0 Å². The van der Waals surface area contributed by atoms with Crippen molar-refractivity contribution in [2.24, 2.45) is 0 Å². The van der Waals surface area contributed by atoms with Gasteiger partial charge in [-0.05, 0) is 25.0 Å². The van der Waals surface area contributed by atoms with Gasteiger partial charge >= 0.3 is 6.18 Å². The van der Waals surface area contributed by atoms with Gasteiger partial charge in [-0.25, -0.2) is 4.68 Å². The number of aliphatic hydroxyl groups is 1. The summed E-state index contributed by atoms with van der Waals surface area (Å²) in [5, 5.41) is 15.3. The Morgan fingerprint density at radius 2 is 2.04 bits per heavy atom. The zero-order chi connectivity index (χ0) is 17.9. The third kappa shape index (κ3) is 3.59. The van der Waals surface area contributed by atoms with Crippen LogP contribution in [0.3, 0.4) is 0 Å². The van der Waals surface area contributed by atoms with E-state index in [-0.39, 0.29) is 12.3 Å². The number of aryl methyl sites for hydroxylation is 1. The zero-order valence-corrected chi connectivity index (χ0v) is 13.3. The summed E-state index contributed by atoms with van der Waals surface area (Å²) in [6.07, 6.45) is -3.46. The van der Waals surface area contributed by atoms with Crippen molar-refractivity contribution in [1.29, 1.82) is 0 Å². The van der Waals surface area contributed by atoms with Gasteiger partial charge in [-0.3, -0.25) is 4.79 Å². The average Bonchev–Trinajstić information content (AvgIpc) is 2.98. The number of alkyl halides is 3. The smallest absolute Gasteiger partial charge is 0.394 e. The van der Waals surface area contributed by atoms with Crippen molar-refractivity contribution in [3.05, 3.63) is 47.3 Å². The Balaban J connectivity index is 2.52. The lowest BCUT2D eigenvalue weighted by Crippen LogP contribution is -2.37. The summed E-state index contributed by atoms with van der Waals surface area (Å²) in [7, 11) is 0. The summed E-state index contributed by atoms with van der Waals surface area (Å²) >= 11 is 0. The van der Waals surface area contributed by atoms with Gasteiger partial charge in [-0.2, -0.15) is 18.3 Å². The Bertz CT molecular complexity index is 722. The Kier molecular flexibility index (Phi) is 5.28. The molecule has 0 bridgehead atoms. The SMILES string of the molecule is CCC(CO)NC(=O)c1cnn(-c2ccccc2C)c1C(F)(F)F. The van der Waals surface area contributed by atoms with Crippen LogP contribution in [0, 0.1) is 6.92 Å². The molecule has 1 heterocycles. The summed E-state index contributed by atoms with van der Waals surface area (Å²) < 4.78 is 41.3. The lowest BCUT2D eigenvalue weighted by atomic mass is 10.1. The molecule has 24 heavy (non-hydrogen) atoms. The largest absolute Gasteiger partial charge is 0.434 e. The number of benzene rings is 1. The maximum absolute atomic E-state index is 13.5. The van der Waals surface area contributed by atoms with E-state index in [2.05, 4.69) is 10.4 Å². The lowest BCUT2D eigenvalue weighted by Gasteiger charge is -2.16. The molecule has 0 saturated carbocycles. The minimum absolute atomic E-state index is 0.248. The van der Waals surface area contributed by atoms with Gasteiger partial charge in [0.05, 0.1) is 30.1 Å². The van der Waals surface area contributed by atoms with Crippen LogP contribution in [0.4, 0.5) is 13.2 Å². The quantitative estimate of drug-likeness (QED) is 0.879. The number of nitrogens with one attached hydrogen (secondary N) is 1. The fourth-order valence-electron chi connectivity index (χ4n) is 2.31. The molecule has 0 spiro atoms. The van der Waals surface area contributed by atoms with E-state index >= 15 is 0 Å². The molecule has 0 radical (unpaired) electrons. The van der Waals surface area contributed by atoms with E-state index in [9.17, 15) is 18.0 Å². The van der Waals surface area contributed by atoms with Gasteiger partial charge in [-0.15, -0.1) is 0 Å². The predicted molar refractivity (Wildman–Crippen MR) is 81.9 cm³/mol. The molecule has 130 valence electrons. The van der Waals surface area contributed by atoms with E-state index in [0.717, 1.165) is 10.9 Å². The number of hydrogen-bond donors (Lipinski definition) is 2. The summed E-state index contributed by atoms with van der Waals surface area (Å²) in [4.78, 5) is 12.2. The second kappa shape index (κ2) is 7.04. The van der Waals surface area contributed by atoms with Crippen molar-refractivity contribution in [2.75, 3.05) is 6.61 Å². The van der Waals surface area contributed by atoms with Crippen molar-refractivity contribution in [3.63, 3.8) is 0 Å². The topological polar surface area (TPSA) is 67.2 Å². The van der Waals surface area contributed by atoms with E-state index < -0.39 is 29.4 Å². The maximum atomic E-state index is 13.5. The summed E-state index contributed by atoms with van der Waals surface area (Å²) in [5.74, 6) is -0.914. The van der Waals surface area contributed by atoms with Crippen molar-refractivity contribution >= 4 is 5.91 Å². The maximum Gasteiger partial charge on any atom is 0.434 e. The second-order valence-electron chi connectivity index (χ2n) is 5.36. The van der Waals surface area contributed by atoms with Crippen LogP contribution in [0.2, 0.25) is 0 Å². The first-order valence-corrected chi connectivity index (χ1v) is 7.42. The molecular formula is C16H18F3N3O2. The van der Waals surface area contributed by atoms with Gasteiger partial charge in [0.1, 0.15) is 0 Å². The molecule has 5 nitrogen and oxygen atoms in total. The number of para-hydroxylation sites is 1. The van der Waals surface area contributed by atoms with Crippen LogP contribution in [-0.4, -0.2) is 33.4 Å². The molecule has 0 aliphatic heterocycles. The van der Waals surface area contributed by atoms with Gasteiger partial charge in [0.2, 0.25) is 0 Å². The van der Waals surface area contributed by atoms with Crippen molar-refractivity contribution in [2.45, 2.75) is 32.5 Å². The van der Waals surface area contributed by atoms with Crippen LogP contribution in [0.15, 0.2) is 30.5 Å². The fourth-order valence-corrected chi connectivity index (χ4v) is 2.31. The molecular weight excluding hydrogens is 323 g/mol. The molecule has 2 N–H and O–H groups in total. The van der Waals surface area contributed by atoms with Crippen LogP contribution >= 0.6 is 0 Å². The van der Waals surface area contributed by atoms with E-state index in [0.29, 0.717) is 12.0 Å². The molecule has 1 unspecified atom stereocenters. The van der Waals surface area contributed by atoms with Gasteiger partial charge in [0.25, 0.3) is 5.91 Å². The molecule has 1 atom stereocenters. The molecule has 0 fully saturated rings. The second-order valence-corrected chi connectivity index (χ2v) is 5.36. The Labute approximate surface area is 137 Å². The molecule has 0 saturated heterocycles. The van der Waals surface area contributed by atoms with Gasteiger partial charge in [-0.1, -0.05) is 25.1 Å². The molecule has 2 rings (SSSR count). The number of aromatic nitrogens is 2. The van der Waals surface area contributed by atoms with Crippen LogP contribution < -0.4 is 5.32 Å². The van der Waals surface area contributed by atoms with E-state index in [1.165, 1.54) is 6.07 Å². The normalized spacial score (nSPS) is 12.9. The Hall–Kier alpha value is -2.35. The van der Waals surface area contributed by atoms with Crippen molar-refractivity contribution < 1.29 is 23.1 Å². The number of nitrogens with zero attached hydrogens (tertiary/aromatic N) is 2. The third-order valence-corrected chi connectivity index (χ3v) is 3.67. The number of halogens is 3. The van der Waals surface area contributed by atoms with Gasteiger partial charge in [0, 0.05) is 0 Å². The third-order valence-electron chi connectivity index (χ3n) is 3.67. The molecule has 1 aromatic carbocycles.